The number of ketones is 1. The predicted molar refractivity (Wildman–Crippen MR) is 131 cm³/mol. The van der Waals surface area contributed by atoms with E-state index in [4.69, 9.17) is 5.73 Å². The molecule has 3 aliphatic carbocycles. The largest absolute Gasteiger partial charge is 0.488 e. The summed E-state index contributed by atoms with van der Waals surface area (Å²) < 4.78 is 0. The first-order chi connectivity index (χ1) is 15.3. The molecule has 4 atom stereocenters. The average Bonchev–Trinajstić information content (AvgIpc) is 3.03. The number of benzene rings is 2. The lowest BCUT2D eigenvalue weighted by Gasteiger charge is -2.48. The molecule has 0 aliphatic heterocycles. The molecule has 4 unspecified atom stereocenters. The van der Waals surface area contributed by atoms with Gasteiger partial charge in [-0.05, 0) is 95.8 Å². The molecule has 0 spiro atoms. The molecule has 172 valence electrons. The van der Waals surface area contributed by atoms with E-state index in [-0.39, 0.29) is 18.6 Å². The van der Waals surface area contributed by atoms with Gasteiger partial charge in [-0.15, -0.1) is 0 Å². The molecule has 0 aromatic heterocycles. The van der Waals surface area contributed by atoms with E-state index in [1.165, 1.54) is 11.1 Å². The van der Waals surface area contributed by atoms with Gasteiger partial charge in [-0.2, -0.15) is 0 Å². The molecule has 2 fully saturated rings. The fourth-order valence-corrected chi connectivity index (χ4v) is 6.55. The number of allylic oxidation sites excluding steroid dienone is 1. The third-order valence-corrected chi connectivity index (χ3v) is 8.20. The van der Waals surface area contributed by atoms with E-state index in [2.05, 4.69) is 13.0 Å². The Kier molecular flexibility index (Phi) is 6.10. The van der Waals surface area contributed by atoms with Crippen LogP contribution in [-0.2, 0) is 11.2 Å². The van der Waals surface area contributed by atoms with E-state index in [0.29, 0.717) is 28.8 Å². The molecule has 33 heavy (non-hydrogen) atoms. The Morgan fingerprint density at radius 2 is 1.97 bits per heavy atom. The molecule has 0 saturated heterocycles. The number of fused-ring (bicyclic) bond motifs is 5. The Labute approximate surface area is 195 Å². The molecule has 1 amide bonds. The minimum Gasteiger partial charge on any atom is -0.423 e. The lowest BCUT2D eigenvalue weighted by Crippen LogP contribution is -2.43. The topological polar surface area (TPSA) is 101 Å². The molecule has 6 heteroatoms. The summed E-state index contributed by atoms with van der Waals surface area (Å²) in [4.78, 5) is 25.0. The summed E-state index contributed by atoms with van der Waals surface area (Å²) in [6.07, 6.45) is 6.46. The van der Waals surface area contributed by atoms with Gasteiger partial charge in [0.05, 0.1) is 0 Å². The van der Waals surface area contributed by atoms with Crippen LogP contribution in [0.15, 0.2) is 48.0 Å². The van der Waals surface area contributed by atoms with E-state index >= 15 is 0 Å². The van der Waals surface area contributed by atoms with Crippen LogP contribution in [0, 0.1) is 17.3 Å². The predicted octanol–water partition coefficient (Wildman–Crippen LogP) is 3.22. The van der Waals surface area contributed by atoms with Gasteiger partial charge in [-0.1, -0.05) is 44.7 Å². The maximum Gasteiger partial charge on any atom is 0.488 e. The monoisotopic (exact) mass is 445 g/mol. The molecule has 0 heterocycles. The van der Waals surface area contributed by atoms with E-state index < -0.39 is 13.0 Å². The summed E-state index contributed by atoms with van der Waals surface area (Å²) >= 11 is 0. The number of Topliss-reactive ketones (excluding diaryl/α,β-unsaturated/α-hetero) is 1. The second kappa shape index (κ2) is 8.58. The lowest BCUT2D eigenvalue weighted by molar-refractivity contribution is -0.127. The third-order valence-electron chi connectivity index (χ3n) is 8.20. The van der Waals surface area contributed by atoms with Crippen LogP contribution in [0.1, 0.15) is 73.0 Å². The van der Waals surface area contributed by atoms with Gasteiger partial charge >= 0.3 is 7.12 Å². The van der Waals surface area contributed by atoms with Gasteiger partial charge in [0.2, 0.25) is 5.91 Å². The van der Waals surface area contributed by atoms with Gasteiger partial charge in [-0.25, -0.2) is 0 Å². The van der Waals surface area contributed by atoms with Gasteiger partial charge in [-0.3, -0.25) is 9.59 Å². The first kappa shape index (κ1) is 23.5. The molecule has 5 nitrogen and oxygen atoms in total. The highest BCUT2D eigenvalue weighted by atomic mass is 16.4. The van der Waals surface area contributed by atoms with Crippen LogP contribution in [0.2, 0.25) is 0 Å². The van der Waals surface area contributed by atoms with Gasteiger partial charge in [0.15, 0.2) is 5.78 Å². The van der Waals surface area contributed by atoms with Crippen LogP contribution >= 0.6 is 0 Å². The highest BCUT2D eigenvalue weighted by molar-refractivity contribution is 6.58. The molecular formula is C27H32BNO4. The van der Waals surface area contributed by atoms with Crippen LogP contribution in [-0.4, -0.2) is 28.9 Å². The second-order valence-corrected chi connectivity index (χ2v) is 9.90. The van der Waals surface area contributed by atoms with Crippen LogP contribution in [0.5, 0.6) is 0 Å². The zero-order chi connectivity index (χ0) is 22.6. The summed E-state index contributed by atoms with van der Waals surface area (Å²) in [6, 6.07) is 13.0. The minimum atomic E-state index is -1.44. The maximum atomic E-state index is 13.5. The number of nitrogens with two attached hydrogens (primary N) is 1. The normalized spacial score (nSPS) is 29.0. The van der Waals surface area contributed by atoms with Crippen molar-refractivity contribution in [3.8, 4) is 0 Å². The molecule has 2 saturated carbocycles. The summed E-state index contributed by atoms with van der Waals surface area (Å²) in [5, 5.41) is 19.1. The van der Waals surface area contributed by atoms with Gasteiger partial charge in [0.25, 0.3) is 0 Å². The summed E-state index contributed by atoms with van der Waals surface area (Å²) in [7, 11) is -1.44. The Morgan fingerprint density at radius 1 is 1.18 bits per heavy atom. The molecule has 5 rings (SSSR count). The number of primary amides is 1. The quantitative estimate of drug-likeness (QED) is 0.499. The Morgan fingerprint density at radius 3 is 2.70 bits per heavy atom. The van der Waals surface area contributed by atoms with Gasteiger partial charge in [0, 0.05) is 11.0 Å². The molecule has 2 aromatic rings. The Balaban J connectivity index is 0.00000259. The highest BCUT2D eigenvalue weighted by Crippen LogP contribution is 2.60. The number of hydrogen-bond acceptors (Lipinski definition) is 4. The van der Waals surface area contributed by atoms with E-state index in [9.17, 15) is 19.6 Å². The van der Waals surface area contributed by atoms with Crippen molar-refractivity contribution in [3.63, 3.8) is 0 Å². The van der Waals surface area contributed by atoms with E-state index in [1.54, 1.807) is 18.2 Å². The van der Waals surface area contributed by atoms with Crippen molar-refractivity contribution in [1.29, 1.82) is 0 Å². The van der Waals surface area contributed by atoms with E-state index in [0.717, 1.165) is 43.2 Å². The number of aryl methyl sites for hydroxylation is 1. The van der Waals surface area contributed by atoms with Crippen LogP contribution in [0.3, 0.4) is 0 Å². The van der Waals surface area contributed by atoms with Crippen molar-refractivity contribution in [3.05, 3.63) is 70.3 Å². The van der Waals surface area contributed by atoms with Gasteiger partial charge < -0.3 is 15.8 Å². The SMILES string of the molecule is C.CC12CCC3c4ccc(B(O)O)cc4CCC3C1C/C(=C\c1cccc(C(N)=O)c1)C2=O. The first-order valence-corrected chi connectivity index (χ1v) is 11.4. The van der Waals surface area contributed by atoms with Crippen molar-refractivity contribution in [1.82, 2.24) is 0 Å². The van der Waals surface area contributed by atoms with Crippen LogP contribution < -0.4 is 11.2 Å². The van der Waals surface area contributed by atoms with Crippen LogP contribution in [0.4, 0.5) is 0 Å². The molecule has 2 aromatic carbocycles. The molecular weight excluding hydrogens is 413 g/mol. The minimum absolute atomic E-state index is 0. The Hall–Kier alpha value is -2.70. The number of amides is 1. The fourth-order valence-electron chi connectivity index (χ4n) is 6.55. The van der Waals surface area contributed by atoms with Crippen molar-refractivity contribution in [2.24, 2.45) is 23.0 Å². The van der Waals surface area contributed by atoms with Crippen molar-refractivity contribution >= 4 is 30.3 Å². The van der Waals surface area contributed by atoms with Crippen LogP contribution in [0.25, 0.3) is 6.08 Å². The second-order valence-electron chi connectivity index (χ2n) is 9.90. The molecule has 0 bridgehead atoms. The van der Waals surface area contributed by atoms with E-state index in [1.807, 2.05) is 24.3 Å². The maximum absolute atomic E-state index is 13.5. The molecule has 0 radical (unpaired) electrons. The molecule has 3 aliphatic rings. The number of hydrogen-bond donors (Lipinski definition) is 3. The standard InChI is InChI=1S/C26H28BNO4.CH4/c1-26-10-9-21-20-8-6-19(27(31)32)13-16(20)5-7-22(21)23(26)14-18(24(26)29)12-15-3-2-4-17(11-15)25(28)30;/h2-4,6,8,11-13,21-23,31-32H,5,7,9-10,14H2,1H3,(H2,28,30);1H4/b18-12+;. The zero-order valence-electron chi connectivity index (χ0n) is 18.3. The highest BCUT2D eigenvalue weighted by Gasteiger charge is 2.56. The average molecular weight is 445 g/mol. The zero-order valence-corrected chi connectivity index (χ0v) is 18.3. The smallest absolute Gasteiger partial charge is 0.423 e. The summed E-state index contributed by atoms with van der Waals surface area (Å²) in [5.41, 5.74) is 10.3. The number of rotatable bonds is 3. The van der Waals surface area contributed by atoms with Crippen molar-refractivity contribution < 1.29 is 19.6 Å². The molecule has 4 N–H and O–H groups in total. The Bertz CT molecular complexity index is 1140. The van der Waals surface area contributed by atoms with Crippen molar-refractivity contribution in [2.45, 2.75) is 52.4 Å². The van der Waals surface area contributed by atoms with Crippen molar-refractivity contribution in [2.75, 3.05) is 0 Å². The fraction of sp³-hybridized carbons (Fsp3) is 0.407. The summed E-state index contributed by atoms with van der Waals surface area (Å²) in [6.45, 7) is 2.14. The number of carbonyl (C=O) groups is 2. The van der Waals surface area contributed by atoms with Gasteiger partial charge in [0.1, 0.15) is 0 Å². The summed E-state index contributed by atoms with van der Waals surface area (Å²) in [5.74, 6) is 0.930. The third kappa shape index (κ3) is 3.85. The lowest BCUT2D eigenvalue weighted by atomic mass is 9.55. The first-order valence-electron chi connectivity index (χ1n) is 11.4. The number of carbonyl (C=O) groups excluding carboxylic acids is 2.